The van der Waals surface area contributed by atoms with E-state index in [9.17, 15) is 4.79 Å². The van der Waals surface area contributed by atoms with Crippen molar-refractivity contribution in [1.29, 1.82) is 0 Å². The van der Waals surface area contributed by atoms with Gasteiger partial charge in [-0.3, -0.25) is 4.79 Å². The number of rotatable bonds is 2. The monoisotopic (exact) mass is 326 g/mol. The van der Waals surface area contributed by atoms with Gasteiger partial charge >= 0.3 is 0 Å². The summed E-state index contributed by atoms with van der Waals surface area (Å²) in [6.45, 7) is 4.71. The number of ketones is 1. The van der Waals surface area contributed by atoms with Crippen molar-refractivity contribution in [2.45, 2.75) is 26.3 Å². The van der Waals surface area contributed by atoms with Gasteiger partial charge in [0.15, 0.2) is 17.3 Å². The first-order chi connectivity index (χ1) is 11.6. The Morgan fingerprint density at radius 2 is 2.08 bits per heavy atom. The molecular weight excluding hydrogens is 308 g/mol. The molecule has 0 bridgehead atoms. The van der Waals surface area contributed by atoms with Crippen molar-refractivity contribution in [2.24, 2.45) is 0 Å². The third-order valence-corrected chi connectivity index (χ3v) is 4.26. The highest BCUT2D eigenvalue weighted by Gasteiger charge is 2.32. The van der Waals surface area contributed by atoms with Crippen LogP contribution in [0.2, 0.25) is 0 Å². The Kier molecular flexibility index (Phi) is 3.48. The van der Waals surface area contributed by atoms with Crippen LogP contribution in [0.3, 0.4) is 0 Å². The molecule has 24 heavy (non-hydrogen) atoms. The predicted octanol–water partition coefficient (Wildman–Crippen LogP) is 2.32. The Morgan fingerprint density at radius 1 is 1.29 bits per heavy atom. The summed E-state index contributed by atoms with van der Waals surface area (Å²) in [6, 6.07) is 5.43. The van der Waals surface area contributed by atoms with Gasteiger partial charge in [0, 0.05) is 17.7 Å². The predicted molar refractivity (Wildman–Crippen MR) is 87.2 cm³/mol. The van der Waals surface area contributed by atoms with Crippen molar-refractivity contribution in [3.63, 3.8) is 0 Å². The van der Waals surface area contributed by atoms with Gasteiger partial charge in [0.2, 0.25) is 5.95 Å². The number of benzene rings is 1. The summed E-state index contributed by atoms with van der Waals surface area (Å²) in [5, 5.41) is 7.43. The number of Topliss-reactive ketones (excluding diaryl/α,β-unsaturated/α-hetero) is 1. The van der Waals surface area contributed by atoms with Gasteiger partial charge in [0.05, 0.1) is 13.2 Å². The Labute approximate surface area is 139 Å². The van der Waals surface area contributed by atoms with Crippen LogP contribution in [-0.4, -0.2) is 33.8 Å². The van der Waals surface area contributed by atoms with Gasteiger partial charge in [-0.2, -0.15) is 10.1 Å². The van der Waals surface area contributed by atoms with Crippen molar-refractivity contribution in [1.82, 2.24) is 14.8 Å². The molecule has 3 heterocycles. The fourth-order valence-corrected chi connectivity index (χ4v) is 3.21. The fraction of sp³-hybridized carbons (Fsp3) is 0.353. The van der Waals surface area contributed by atoms with E-state index in [1.165, 1.54) is 6.33 Å². The number of hydrogen-bond donors (Lipinski definition) is 1. The van der Waals surface area contributed by atoms with Crippen LogP contribution in [0, 0.1) is 0 Å². The molecule has 7 nitrogen and oxygen atoms in total. The molecule has 1 aromatic heterocycles. The number of allylic oxidation sites excluding steroid dienone is 2. The summed E-state index contributed by atoms with van der Waals surface area (Å²) in [5.74, 6) is 2.05. The SMILES string of the molecule is CC(=O)C1=C(C)Nc2ncnn2C1c1ccc2c(c1)OCCCO2. The van der Waals surface area contributed by atoms with Gasteiger partial charge in [0.1, 0.15) is 12.4 Å². The maximum Gasteiger partial charge on any atom is 0.226 e. The fourth-order valence-electron chi connectivity index (χ4n) is 3.21. The second-order valence-corrected chi connectivity index (χ2v) is 5.91. The van der Waals surface area contributed by atoms with Crippen molar-refractivity contribution < 1.29 is 14.3 Å². The summed E-state index contributed by atoms with van der Waals surface area (Å²) >= 11 is 0. The van der Waals surface area contributed by atoms with Crippen molar-refractivity contribution in [3.05, 3.63) is 41.4 Å². The number of nitrogens with one attached hydrogen (secondary N) is 1. The summed E-state index contributed by atoms with van der Waals surface area (Å²) in [5.41, 5.74) is 2.37. The van der Waals surface area contributed by atoms with E-state index in [2.05, 4.69) is 15.4 Å². The van der Waals surface area contributed by atoms with Gasteiger partial charge in [-0.05, 0) is 31.5 Å². The zero-order valence-corrected chi connectivity index (χ0v) is 13.6. The highest BCUT2D eigenvalue weighted by molar-refractivity contribution is 5.96. The minimum absolute atomic E-state index is 0.00161. The van der Waals surface area contributed by atoms with Crippen LogP contribution in [0.15, 0.2) is 35.8 Å². The summed E-state index contributed by atoms with van der Waals surface area (Å²) < 4.78 is 13.2. The minimum Gasteiger partial charge on any atom is -0.490 e. The van der Waals surface area contributed by atoms with E-state index in [0.29, 0.717) is 30.5 Å². The molecule has 1 unspecified atom stereocenters. The summed E-state index contributed by atoms with van der Waals surface area (Å²) in [4.78, 5) is 16.5. The zero-order chi connectivity index (χ0) is 16.7. The quantitative estimate of drug-likeness (QED) is 0.912. The maximum absolute atomic E-state index is 12.3. The standard InChI is InChI=1S/C17H18N4O3/c1-10-15(11(2)22)16(21-17(20-10)18-9-19-21)12-4-5-13-14(8-12)24-7-3-6-23-13/h4-5,8-9,16H,3,6-7H2,1-2H3,(H,18,19,20). The number of anilines is 1. The van der Waals surface area contributed by atoms with Crippen LogP contribution in [-0.2, 0) is 4.79 Å². The van der Waals surface area contributed by atoms with Crippen molar-refractivity contribution in [2.75, 3.05) is 18.5 Å². The van der Waals surface area contributed by atoms with Crippen LogP contribution < -0.4 is 14.8 Å². The summed E-state index contributed by atoms with van der Waals surface area (Å²) in [7, 11) is 0. The maximum atomic E-state index is 12.3. The molecule has 1 atom stereocenters. The van der Waals surface area contributed by atoms with Crippen molar-refractivity contribution >= 4 is 11.7 Å². The molecule has 4 rings (SSSR count). The molecule has 1 N–H and O–H groups in total. The largest absolute Gasteiger partial charge is 0.490 e. The lowest BCUT2D eigenvalue weighted by atomic mass is 9.93. The molecule has 0 spiro atoms. The minimum atomic E-state index is -0.335. The first-order valence-electron chi connectivity index (χ1n) is 7.93. The Bertz CT molecular complexity index is 840. The Balaban J connectivity index is 1.85. The van der Waals surface area contributed by atoms with Gasteiger partial charge in [-0.15, -0.1) is 0 Å². The van der Waals surface area contributed by atoms with E-state index >= 15 is 0 Å². The van der Waals surface area contributed by atoms with Crippen molar-refractivity contribution in [3.8, 4) is 11.5 Å². The molecule has 1 aromatic carbocycles. The molecule has 0 saturated carbocycles. The van der Waals surface area contributed by atoms with Crippen LogP contribution in [0.5, 0.6) is 11.5 Å². The molecule has 124 valence electrons. The molecule has 0 radical (unpaired) electrons. The number of carbonyl (C=O) groups excluding carboxylic acids is 1. The molecule has 2 aliphatic rings. The van der Waals surface area contributed by atoms with Crippen LogP contribution in [0.4, 0.5) is 5.95 Å². The lowest BCUT2D eigenvalue weighted by Crippen LogP contribution is -2.27. The second-order valence-electron chi connectivity index (χ2n) is 5.91. The van der Waals surface area contributed by atoms with E-state index in [1.807, 2.05) is 25.1 Å². The molecule has 0 fully saturated rings. The number of aromatic nitrogens is 3. The lowest BCUT2D eigenvalue weighted by molar-refractivity contribution is -0.114. The Morgan fingerprint density at radius 3 is 2.88 bits per heavy atom. The molecule has 2 aliphatic heterocycles. The smallest absolute Gasteiger partial charge is 0.226 e. The Hall–Kier alpha value is -2.83. The van der Waals surface area contributed by atoms with Crippen LogP contribution >= 0.6 is 0 Å². The summed E-state index contributed by atoms with van der Waals surface area (Å²) in [6.07, 6.45) is 2.33. The van der Waals surface area contributed by atoms with Gasteiger partial charge in [0.25, 0.3) is 0 Å². The van der Waals surface area contributed by atoms with E-state index in [4.69, 9.17) is 9.47 Å². The molecular formula is C17H18N4O3. The molecule has 0 saturated heterocycles. The number of hydrogen-bond acceptors (Lipinski definition) is 6. The third kappa shape index (κ3) is 2.33. The number of nitrogens with zero attached hydrogens (tertiary/aromatic N) is 3. The molecule has 0 amide bonds. The van der Waals surface area contributed by atoms with Gasteiger partial charge < -0.3 is 14.8 Å². The highest BCUT2D eigenvalue weighted by Crippen LogP contribution is 2.39. The number of carbonyl (C=O) groups is 1. The molecule has 0 aliphatic carbocycles. The second kappa shape index (κ2) is 5.67. The van der Waals surface area contributed by atoms with Gasteiger partial charge in [-0.1, -0.05) is 6.07 Å². The normalized spacial score (nSPS) is 19.3. The first-order valence-corrected chi connectivity index (χ1v) is 7.93. The van der Waals surface area contributed by atoms with E-state index in [0.717, 1.165) is 23.4 Å². The molecule has 7 heteroatoms. The lowest BCUT2D eigenvalue weighted by Gasteiger charge is -2.28. The van der Waals surface area contributed by atoms with Crippen LogP contribution in [0.1, 0.15) is 31.9 Å². The average Bonchev–Trinajstić information content (AvgIpc) is 2.88. The number of ether oxygens (including phenoxy) is 2. The third-order valence-electron chi connectivity index (χ3n) is 4.26. The van der Waals surface area contributed by atoms with Gasteiger partial charge in [-0.25, -0.2) is 4.68 Å². The number of fused-ring (bicyclic) bond motifs is 2. The average molecular weight is 326 g/mol. The zero-order valence-electron chi connectivity index (χ0n) is 13.6. The first kappa shape index (κ1) is 14.7. The van der Waals surface area contributed by atoms with E-state index < -0.39 is 0 Å². The van der Waals surface area contributed by atoms with E-state index in [1.54, 1.807) is 11.6 Å². The van der Waals surface area contributed by atoms with E-state index in [-0.39, 0.29) is 11.8 Å². The van der Waals surface area contributed by atoms with Crippen LogP contribution in [0.25, 0.3) is 0 Å². The topological polar surface area (TPSA) is 78.3 Å². The highest BCUT2D eigenvalue weighted by atomic mass is 16.5. The molecule has 2 aromatic rings.